The Morgan fingerprint density at radius 2 is 2.14 bits per heavy atom. The van der Waals surface area contributed by atoms with Crippen molar-refractivity contribution in [3.8, 4) is 5.75 Å². The van der Waals surface area contributed by atoms with Gasteiger partial charge in [-0.3, -0.25) is 10.1 Å². The number of carbonyl (C=O) groups excluding carboxylic acids is 1. The number of benzene rings is 1. The number of fused-ring (bicyclic) bond motifs is 1. The molecule has 3 rings (SSSR count). The van der Waals surface area contributed by atoms with Crippen molar-refractivity contribution >= 4 is 75.8 Å². The molecule has 0 atom stereocenters. The van der Waals surface area contributed by atoms with Gasteiger partial charge in [0.1, 0.15) is 11.3 Å². The van der Waals surface area contributed by atoms with Crippen molar-refractivity contribution in [2.24, 2.45) is 0 Å². The summed E-state index contributed by atoms with van der Waals surface area (Å²) in [6.07, 6.45) is 0. The van der Waals surface area contributed by atoms with Crippen LogP contribution >= 0.6 is 54.5 Å². The van der Waals surface area contributed by atoms with Gasteiger partial charge in [-0.25, -0.2) is 4.98 Å². The molecule has 8 heteroatoms. The number of thiazole rings is 1. The summed E-state index contributed by atoms with van der Waals surface area (Å²) in [7, 11) is 1.60. The minimum atomic E-state index is -0.176. The minimum Gasteiger partial charge on any atom is -0.494 e. The Morgan fingerprint density at radius 3 is 2.81 bits per heavy atom. The Labute approximate surface area is 145 Å². The summed E-state index contributed by atoms with van der Waals surface area (Å²) in [6.45, 7) is 0. The summed E-state index contributed by atoms with van der Waals surface area (Å²) in [5.74, 6) is 0.523. The number of nitrogens with zero attached hydrogens (tertiary/aromatic N) is 1. The Balaban J connectivity index is 1.89. The topological polar surface area (TPSA) is 51.2 Å². The number of rotatable bonds is 3. The molecule has 0 saturated carbocycles. The number of anilines is 1. The van der Waals surface area contributed by atoms with Crippen LogP contribution in [0.4, 0.5) is 5.13 Å². The number of hydrogen-bond acceptors (Lipinski definition) is 5. The maximum atomic E-state index is 12.2. The van der Waals surface area contributed by atoms with E-state index < -0.39 is 0 Å². The standard InChI is InChI=1S/C13H8Br2N2O2S2/c1-19-7-3-2-4-8-10(7)16-13(21-8)17-12(18)9-5-6(14)11(15)20-9/h2-5H,1H3,(H,16,17,18). The van der Waals surface area contributed by atoms with Gasteiger partial charge >= 0.3 is 0 Å². The molecule has 2 aromatic heterocycles. The summed E-state index contributed by atoms with van der Waals surface area (Å²) in [5, 5.41) is 3.38. The van der Waals surface area contributed by atoms with Crippen LogP contribution < -0.4 is 10.1 Å². The lowest BCUT2D eigenvalue weighted by molar-refractivity contribution is 0.103. The fourth-order valence-electron chi connectivity index (χ4n) is 1.76. The molecule has 0 saturated heterocycles. The van der Waals surface area contributed by atoms with E-state index in [2.05, 4.69) is 42.2 Å². The number of aromatic nitrogens is 1. The predicted molar refractivity (Wildman–Crippen MR) is 93.8 cm³/mol. The molecule has 21 heavy (non-hydrogen) atoms. The number of thiophene rings is 1. The zero-order valence-corrected chi connectivity index (χ0v) is 15.5. The fourth-order valence-corrected chi connectivity index (χ4v) is 4.57. The highest BCUT2D eigenvalue weighted by Crippen LogP contribution is 2.34. The van der Waals surface area contributed by atoms with Gasteiger partial charge in [0.15, 0.2) is 5.13 Å². The van der Waals surface area contributed by atoms with Gasteiger partial charge in [0.2, 0.25) is 0 Å². The van der Waals surface area contributed by atoms with Crippen LogP contribution in [-0.2, 0) is 0 Å². The quantitative estimate of drug-likeness (QED) is 0.604. The number of ether oxygens (including phenoxy) is 1. The monoisotopic (exact) mass is 446 g/mol. The number of carbonyl (C=O) groups is 1. The molecule has 0 radical (unpaired) electrons. The van der Waals surface area contributed by atoms with E-state index in [4.69, 9.17) is 4.74 Å². The van der Waals surface area contributed by atoms with Crippen LogP contribution in [0, 0.1) is 0 Å². The molecule has 3 aromatic rings. The summed E-state index contributed by atoms with van der Waals surface area (Å²) in [5.41, 5.74) is 0.758. The van der Waals surface area contributed by atoms with Crippen molar-refractivity contribution in [1.29, 1.82) is 0 Å². The normalized spacial score (nSPS) is 10.8. The Bertz CT molecular complexity index is 809. The molecule has 0 aliphatic rings. The van der Waals surface area contributed by atoms with Crippen LogP contribution in [0.3, 0.4) is 0 Å². The van der Waals surface area contributed by atoms with E-state index in [1.54, 1.807) is 13.2 Å². The van der Waals surface area contributed by atoms with Gasteiger partial charge in [0.05, 0.1) is 20.5 Å². The second kappa shape index (κ2) is 6.04. The summed E-state index contributed by atoms with van der Waals surface area (Å²) < 4.78 is 7.99. The number of para-hydroxylation sites is 1. The second-order valence-corrected chi connectivity index (χ2v) is 8.27. The molecule has 1 N–H and O–H groups in total. The predicted octanol–water partition coefficient (Wildman–Crippen LogP) is 5.14. The lowest BCUT2D eigenvalue weighted by Crippen LogP contribution is -2.09. The molecular formula is C13H8Br2N2O2S2. The second-order valence-electron chi connectivity index (χ2n) is 4.01. The third-order valence-corrected chi connectivity index (χ3v) is 6.88. The summed E-state index contributed by atoms with van der Waals surface area (Å²) >= 11 is 9.53. The van der Waals surface area contributed by atoms with E-state index >= 15 is 0 Å². The average Bonchev–Trinajstić information content (AvgIpc) is 3.02. The van der Waals surface area contributed by atoms with Gasteiger partial charge in [-0.15, -0.1) is 11.3 Å². The number of nitrogens with one attached hydrogen (secondary N) is 1. The number of methoxy groups -OCH3 is 1. The Morgan fingerprint density at radius 1 is 1.33 bits per heavy atom. The maximum absolute atomic E-state index is 12.2. The van der Waals surface area contributed by atoms with Crippen LogP contribution in [0.2, 0.25) is 0 Å². The van der Waals surface area contributed by atoms with Crippen LogP contribution in [0.1, 0.15) is 9.67 Å². The fraction of sp³-hybridized carbons (Fsp3) is 0.0769. The van der Waals surface area contributed by atoms with Crippen molar-refractivity contribution in [3.05, 3.63) is 37.4 Å². The average molecular weight is 448 g/mol. The van der Waals surface area contributed by atoms with Crippen molar-refractivity contribution < 1.29 is 9.53 Å². The molecule has 0 unspecified atom stereocenters. The zero-order valence-electron chi connectivity index (χ0n) is 10.6. The first-order chi connectivity index (χ1) is 10.1. The van der Waals surface area contributed by atoms with Crippen molar-refractivity contribution in [2.75, 3.05) is 12.4 Å². The Hall–Kier alpha value is -0.960. The molecule has 108 valence electrons. The van der Waals surface area contributed by atoms with E-state index in [1.807, 2.05) is 18.2 Å². The highest BCUT2D eigenvalue weighted by atomic mass is 79.9. The molecule has 4 nitrogen and oxygen atoms in total. The Kier molecular flexibility index (Phi) is 4.30. The van der Waals surface area contributed by atoms with Crippen LogP contribution in [0.25, 0.3) is 10.2 Å². The first kappa shape index (κ1) is 15.0. The van der Waals surface area contributed by atoms with Crippen LogP contribution in [0.5, 0.6) is 5.75 Å². The SMILES string of the molecule is COc1cccc2sc(NC(=O)c3cc(Br)c(Br)s3)nc12. The number of hydrogen-bond donors (Lipinski definition) is 1. The van der Waals surface area contributed by atoms with E-state index in [9.17, 15) is 4.79 Å². The first-order valence-electron chi connectivity index (χ1n) is 5.78. The van der Waals surface area contributed by atoms with E-state index in [-0.39, 0.29) is 5.91 Å². The van der Waals surface area contributed by atoms with Crippen molar-refractivity contribution in [1.82, 2.24) is 4.98 Å². The van der Waals surface area contributed by atoms with E-state index in [0.29, 0.717) is 15.8 Å². The van der Waals surface area contributed by atoms with Gasteiger partial charge in [0, 0.05) is 4.47 Å². The van der Waals surface area contributed by atoms with Gasteiger partial charge in [-0.2, -0.15) is 0 Å². The lowest BCUT2D eigenvalue weighted by atomic mass is 10.3. The first-order valence-corrected chi connectivity index (χ1v) is 9.00. The van der Waals surface area contributed by atoms with Gasteiger partial charge in [-0.1, -0.05) is 17.4 Å². The maximum Gasteiger partial charge on any atom is 0.267 e. The smallest absolute Gasteiger partial charge is 0.267 e. The number of amides is 1. The largest absolute Gasteiger partial charge is 0.494 e. The van der Waals surface area contributed by atoms with E-state index in [0.717, 1.165) is 18.5 Å². The highest BCUT2D eigenvalue weighted by molar-refractivity contribution is 9.13. The molecule has 0 spiro atoms. The molecule has 2 heterocycles. The highest BCUT2D eigenvalue weighted by Gasteiger charge is 2.15. The molecule has 1 aromatic carbocycles. The van der Waals surface area contributed by atoms with Crippen molar-refractivity contribution in [3.63, 3.8) is 0 Å². The van der Waals surface area contributed by atoms with Crippen molar-refractivity contribution in [2.45, 2.75) is 0 Å². The van der Waals surface area contributed by atoms with E-state index in [1.165, 1.54) is 22.7 Å². The number of halogens is 2. The minimum absolute atomic E-state index is 0.176. The lowest BCUT2D eigenvalue weighted by Gasteiger charge is -1.98. The third kappa shape index (κ3) is 2.98. The summed E-state index contributed by atoms with van der Waals surface area (Å²) in [4.78, 5) is 17.2. The van der Waals surface area contributed by atoms with Crippen LogP contribution in [0.15, 0.2) is 32.5 Å². The van der Waals surface area contributed by atoms with Gasteiger partial charge in [-0.05, 0) is 50.1 Å². The molecule has 0 aliphatic heterocycles. The molecule has 0 fully saturated rings. The molecule has 0 bridgehead atoms. The van der Waals surface area contributed by atoms with Gasteiger partial charge in [0.25, 0.3) is 5.91 Å². The van der Waals surface area contributed by atoms with Gasteiger partial charge < -0.3 is 4.74 Å². The summed E-state index contributed by atoms with van der Waals surface area (Å²) in [6, 6.07) is 7.47. The molecule has 1 amide bonds. The zero-order chi connectivity index (χ0) is 15.0. The third-order valence-electron chi connectivity index (χ3n) is 2.69. The van der Waals surface area contributed by atoms with Crippen LogP contribution in [-0.4, -0.2) is 18.0 Å². The molecular weight excluding hydrogens is 440 g/mol. The molecule has 0 aliphatic carbocycles.